The van der Waals surface area contributed by atoms with E-state index in [0.29, 0.717) is 41.4 Å². The van der Waals surface area contributed by atoms with Gasteiger partial charge in [-0.05, 0) is 37.8 Å². The molecule has 12 nitrogen and oxygen atoms in total. The highest BCUT2D eigenvalue weighted by molar-refractivity contribution is 7.19. The Kier molecular flexibility index (Phi) is 11.6. The molecular formula is C30H30Cl2N8O4S2. The zero-order valence-corrected chi connectivity index (χ0v) is 27.6. The molecule has 0 aromatic carbocycles. The van der Waals surface area contributed by atoms with Crippen molar-refractivity contribution in [2.24, 2.45) is 11.8 Å². The van der Waals surface area contributed by atoms with Crippen molar-refractivity contribution in [3.8, 4) is 0 Å². The molecule has 2 aliphatic rings. The van der Waals surface area contributed by atoms with Crippen LogP contribution in [0.5, 0.6) is 0 Å². The number of nitrogens with zero attached hydrogens (tertiary/aromatic N) is 4. The summed E-state index contributed by atoms with van der Waals surface area (Å²) in [7, 11) is 0. The fourth-order valence-electron chi connectivity index (χ4n) is 5.35. The number of halogens is 2. The van der Waals surface area contributed by atoms with Crippen LogP contribution in [0.25, 0.3) is 0 Å². The summed E-state index contributed by atoms with van der Waals surface area (Å²) in [4.78, 5) is 65.2. The van der Waals surface area contributed by atoms with E-state index >= 15 is 0 Å². The quantitative estimate of drug-likeness (QED) is 0.133. The second kappa shape index (κ2) is 16.0. The molecule has 4 heterocycles. The Hall–Kier alpha value is -3.98. The van der Waals surface area contributed by atoms with E-state index in [2.05, 4.69) is 41.2 Å². The molecule has 16 heteroatoms. The van der Waals surface area contributed by atoms with Gasteiger partial charge in [-0.15, -0.1) is 0 Å². The average molecular weight is 702 g/mol. The lowest BCUT2D eigenvalue weighted by Gasteiger charge is -2.13. The highest BCUT2D eigenvalue weighted by atomic mass is 35.5. The summed E-state index contributed by atoms with van der Waals surface area (Å²) in [5.74, 6) is 0.181. The maximum Gasteiger partial charge on any atom is 0.325 e. The third kappa shape index (κ3) is 9.06. The van der Waals surface area contributed by atoms with E-state index in [1.165, 1.54) is 24.8 Å². The number of hydrogen-bond acceptors (Lipinski definition) is 10. The van der Waals surface area contributed by atoms with Gasteiger partial charge >= 0.3 is 12.1 Å². The molecule has 2 saturated carbocycles. The van der Waals surface area contributed by atoms with Crippen LogP contribution in [0.1, 0.15) is 72.1 Å². The topological polar surface area (TPSA) is 168 Å². The van der Waals surface area contributed by atoms with Gasteiger partial charge in [-0.1, -0.05) is 71.6 Å². The average Bonchev–Trinajstić information content (AvgIpc) is 3.87. The van der Waals surface area contributed by atoms with Crippen LogP contribution in [0.15, 0.2) is 49.3 Å². The van der Waals surface area contributed by atoms with Gasteiger partial charge in [0.15, 0.2) is 21.8 Å². The number of anilines is 4. The number of nitrogens with one attached hydrogen (secondary N) is 4. The predicted molar refractivity (Wildman–Crippen MR) is 181 cm³/mol. The summed E-state index contributed by atoms with van der Waals surface area (Å²) in [5.41, 5.74) is 1.81. The van der Waals surface area contributed by atoms with Crippen LogP contribution in [0, 0.1) is 11.8 Å². The van der Waals surface area contributed by atoms with Crippen molar-refractivity contribution in [3.05, 3.63) is 69.1 Å². The Morgan fingerprint density at radius 2 is 1.09 bits per heavy atom. The molecule has 0 unspecified atom stereocenters. The maximum atomic E-state index is 12.6. The molecule has 2 aliphatic carbocycles. The number of rotatable bonds is 8. The number of hydrogen-bond donors (Lipinski definition) is 4. The smallest absolute Gasteiger partial charge is 0.307 e. The first-order valence-electron chi connectivity index (χ1n) is 14.6. The van der Waals surface area contributed by atoms with Gasteiger partial charge in [0.25, 0.3) is 0 Å². The highest BCUT2D eigenvalue weighted by Gasteiger charge is 2.27. The molecule has 4 N–H and O–H groups in total. The first kappa shape index (κ1) is 33.4. The zero-order valence-electron chi connectivity index (χ0n) is 24.4. The highest BCUT2D eigenvalue weighted by Crippen LogP contribution is 2.32. The van der Waals surface area contributed by atoms with Crippen LogP contribution in [0.3, 0.4) is 0 Å². The van der Waals surface area contributed by atoms with E-state index < -0.39 is 12.1 Å². The van der Waals surface area contributed by atoms with E-state index in [1.54, 1.807) is 24.5 Å². The largest absolute Gasteiger partial charge is 0.325 e. The summed E-state index contributed by atoms with van der Waals surface area (Å²) < 4.78 is 0.972. The summed E-state index contributed by atoms with van der Waals surface area (Å²) in [6.07, 6.45) is 16.9. The molecule has 4 aromatic heterocycles. The number of aromatic nitrogens is 4. The van der Waals surface area contributed by atoms with Crippen LogP contribution < -0.4 is 21.3 Å². The number of ketones is 2. The molecule has 4 aromatic rings. The number of amides is 4. The lowest BCUT2D eigenvalue weighted by molar-refractivity contribution is 0.0916. The Balaban J connectivity index is 0.000000181. The Morgan fingerprint density at radius 3 is 1.61 bits per heavy atom. The SMILES string of the molecule is O=C(Nc1ncc(Cl)s1)Nc1ccncc1C(=O)C1CCCC1.O=C(Nc1ncc(Cl)s1)Nc1cnccc1C(=O)C1CCCC1. The third-order valence-corrected chi connectivity index (χ3v) is 9.58. The van der Waals surface area contributed by atoms with Gasteiger partial charge in [-0.3, -0.25) is 30.2 Å². The standard InChI is InChI=1S/2C15H15ClN4O2S/c16-12-8-18-15(23-12)20-14(22)19-11-5-6-17-7-10(11)13(21)9-3-1-2-4-9;16-12-8-18-15(23-12)20-14(22)19-11-7-17-6-5-10(11)13(21)9-3-1-2-4-9/h5-9H,1-4H2,(H2,17,18,19,20,22);5-9H,1-4H2,(H2,18,19,20,22). The molecule has 240 valence electrons. The minimum absolute atomic E-state index is 0.0283. The number of carbonyl (C=O) groups is 4. The summed E-state index contributed by atoms with van der Waals surface area (Å²) in [6.45, 7) is 0. The molecule has 0 atom stereocenters. The lowest BCUT2D eigenvalue weighted by atomic mass is 9.96. The van der Waals surface area contributed by atoms with Crippen LogP contribution in [0.4, 0.5) is 31.2 Å². The number of urea groups is 2. The second-order valence-electron chi connectivity index (χ2n) is 10.6. The van der Waals surface area contributed by atoms with Crippen molar-refractivity contribution >= 4 is 91.1 Å². The van der Waals surface area contributed by atoms with E-state index in [-0.39, 0.29) is 23.4 Å². The van der Waals surface area contributed by atoms with Crippen molar-refractivity contribution in [1.29, 1.82) is 0 Å². The number of carbonyl (C=O) groups excluding carboxylic acids is 4. The molecule has 6 rings (SSSR count). The molecule has 2 fully saturated rings. The van der Waals surface area contributed by atoms with E-state index in [9.17, 15) is 19.2 Å². The van der Waals surface area contributed by atoms with Crippen LogP contribution >= 0.6 is 45.9 Å². The second-order valence-corrected chi connectivity index (χ2v) is 14.0. The van der Waals surface area contributed by atoms with Gasteiger partial charge < -0.3 is 10.6 Å². The molecular weight excluding hydrogens is 671 g/mol. The molecule has 4 amide bonds. The molecule has 0 spiro atoms. The number of pyridine rings is 2. The Bertz CT molecular complexity index is 1580. The van der Waals surface area contributed by atoms with E-state index in [0.717, 1.165) is 74.0 Å². The van der Waals surface area contributed by atoms with Gasteiger partial charge in [-0.2, -0.15) is 0 Å². The monoisotopic (exact) mass is 700 g/mol. The summed E-state index contributed by atoms with van der Waals surface area (Å²) >= 11 is 13.9. The molecule has 46 heavy (non-hydrogen) atoms. The third-order valence-electron chi connectivity index (χ3n) is 7.52. The van der Waals surface area contributed by atoms with Crippen molar-refractivity contribution in [2.45, 2.75) is 51.4 Å². The van der Waals surface area contributed by atoms with Gasteiger partial charge in [0, 0.05) is 36.0 Å². The molecule has 0 bridgehead atoms. The minimum atomic E-state index is -0.482. The first-order chi connectivity index (χ1) is 22.3. The van der Waals surface area contributed by atoms with Crippen molar-refractivity contribution < 1.29 is 19.2 Å². The summed E-state index contributed by atoms with van der Waals surface area (Å²) in [5, 5.41) is 11.3. The van der Waals surface area contributed by atoms with Gasteiger partial charge in [0.1, 0.15) is 8.67 Å². The summed E-state index contributed by atoms with van der Waals surface area (Å²) in [6, 6.07) is 2.32. The fraction of sp³-hybridized carbons (Fsp3) is 0.333. The molecule has 0 saturated heterocycles. The van der Waals surface area contributed by atoms with Crippen LogP contribution in [-0.4, -0.2) is 43.6 Å². The molecule has 0 radical (unpaired) electrons. The van der Waals surface area contributed by atoms with Gasteiger partial charge in [0.2, 0.25) is 0 Å². The van der Waals surface area contributed by atoms with Crippen molar-refractivity contribution in [2.75, 3.05) is 21.3 Å². The lowest BCUT2D eigenvalue weighted by Crippen LogP contribution is -2.22. The predicted octanol–water partition coefficient (Wildman–Crippen LogP) is 8.42. The van der Waals surface area contributed by atoms with Gasteiger partial charge in [-0.25, -0.2) is 19.6 Å². The van der Waals surface area contributed by atoms with Crippen LogP contribution in [-0.2, 0) is 0 Å². The molecule has 0 aliphatic heterocycles. The number of thiazole rings is 2. The maximum absolute atomic E-state index is 12.6. The Labute approximate surface area is 282 Å². The van der Waals surface area contributed by atoms with Gasteiger partial charge in [0.05, 0.1) is 35.5 Å². The van der Waals surface area contributed by atoms with Crippen molar-refractivity contribution in [3.63, 3.8) is 0 Å². The van der Waals surface area contributed by atoms with Crippen molar-refractivity contribution in [1.82, 2.24) is 19.9 Å². The number of Topliss-reactive ketones (excluding diaryl/α,β-unsaturated/α-hetero) is 2. The van der Waals surface area contributed by atoms with E-state index in [1.807, 2.05) is 0 Å². The van der Waals surface area contributed by atoms with E-state index in [4.69, 9.17) is 23.2 Å². The fourth-order valence-corrected chi connectivity index (χ4v) is 6.96. The van der Waals surface area contributed by atoms with Crippen LogP contribution in [0.2, 0.25) is 8.67 Å². The Morgan fingerprint density at radius 1 is 0.609 bits per heavy atom. The zero-order chi connectivity index (χ0) is 32.5. The first-order valence-corrected chi connectivity index (χ1v) is 17.0. The minimum Gasteiger partial charge on any atom is -0.307 e. The normalized spacial score (nSPS) is 14.7.